The second kappa shape index (κ2) is 8.49. The summed E-state index contributed by atoms with van der Waals surface area (Å²) < 4.78 is 7.11. The van der Waals surface area contributed by atoms with Crippen LogP contribution in [0.1, 0.15) is 28.8 Å². The van der Waals surface area contributed by atoms with Crippen LogP contribution in [0.15, 0.2) is 54.7 Å². The molecular weight excluding hydrogens is 364 g/mol. The predicted octanol–water partition coefficient (Wildman–Crippen LogP) is 3.34. The molecule has 2 N–H and O–H groups in total. The molecule has 2 heterocycles. The highest BCUT2D eigenvalue weighted by molar-refractivity contribution is 6.00. The van der Waals surface area contributed by atoms with Crippen LogP contribution in [0, 0.1) is 6.92 Å². The molecule has 1 aliphatic rings. The van der Waals surface area contributed by atoms with Crippen LogP contribution in [0.25, 0.3) is 16.9 Å². The van der Waals surface area contributed by atoms with E-state index >= 15 is 0 Å². The van der Waals surface area contributed by atoms with Crippen molar-refractivity contribution in [2.24, 2.45) is 0 Å². The number of hydrogen-bond acceptors (Lipinski definition) is 4. The summed E-state index contributed by atoms with van der Waals surface area (Å²) in [7, 11) is 1.63. The summed E-state index contributed by atoms with van der Waals surface area (Å²) in [5.74, 6) is 0.615. The van der Waals surface area contributed by atoms with E-state index in [0.29, 0.717) is 23.8 Å². The van der Waals surface area contributed by atoms with Crippen LogP contribution in [0.5, 0.6) is 5.75 Å². The van der Waals surface area contributed by atoms with Crippen molar-refractivity contribution in [3.63, 3.8) is 0 Å². The summed E-state index contributed by atoms with van der Waals surface area (Å²) in [6.07, 6.45) is 4.05. The summed E-state index contributed by atoms with van der Waals surface area (Å²) in [6.45, 7) is 3.68. The largest absolute Gasteiger partial charge is 0.497 e. The molecule has 0 spiro atoms. The third kappa shape index (κ3) is 4.32. The van der Waals surface area contributed by atoms with Crippen LogP contribution in [0.2, 0.25) is 0 Å². The number of benzene rings is 2. The van der Waals surface area contributed by atoms with Crippen molar-refractivity contribution in [2.75, 3.05) is 20.2 Å². The van der Waals surface area contributed by atoms with E-state index in [4.69, 9.17) is 9.84 Å². The van der Waals surface area contributed by atoms with Gasteiger partial charge in [-0.25, -0.2) is 4.68 Å². The molecule has 3 aromatic rings. The lowest BCUT2D eigenvalue weighted by molar-refractivity contribution is 0.0951. The molecule has 4 rings (SSSR count). The normalized spacial score (nSPS) is 16.0. The molecule has 0 saturated carbocycles. The number of hydrogen-bond donors (Lipinski definition) is 2. The number of ether oxygens (including phenoxy) is 1. The maximum atomic E-state index is 13.0. The SMILES string of the molecule is COc1cccc(-c2nn(-c3ccc(C)cc3)cc2C(=O)NCC2CCCN2)c1. The number of aryl methyl sites for hydroxylation is 1. The molecule has 0 radical (unpaired) electrons. The molecular formula is C23H26N4O2. The highest BCUT2D eigenvalue weighted by Crippen LogP contribution is 2.27. The van der Waals surface area contributed by atoms with Gasteiger partial charge in [0.2, 0.25) is 0 Å². The Balaban J connectivity index is 1.68. The molecule has 1 fully saturated rings. The highest BCUT2D eigenvalue weighted by atomic mass is 16.5. The monoisotopic (exact) mass is 390 g/mol. The van der Waals surface area contributed by atoms with Gasteiger partial charge in [-0.2, -0.15) is 5.10 Å². The summed E-state index contributed by atoms with van der Waals surface area (Å²) in [6, 6.07) is 16.0. The molecule has 1 amide bonds. The molecule has 0 aliphatic carbocycles. The molecule has 150 valence electrons. The van der Waals surface area contributed by atoms with Gasteiger partial charge in [0.25, 0.3) is 5.91 Å². The minimum absolute atomic E-state index is 0.116. The molecule has 0 bridgehead atoms. The fourth-order valence-electron chi connectivity index (χ4n) is 3.60. The predicted molar refractivity (Wildman–Crippen MR) is 114 cm³/mol. The van der Waals surface area contributed by atoms with E-state index in [-0.39, 0.29) is 5.91 Å². The van der Waals surface area contributed by atoms with Crippen LogP contribution in [-0.4, -0.2) is 41.9 Å². The number of carbonyl (C=O) groups is 1. The number of methoxy groups -OCH3 is 1. The number of nitrogens with zero attached hydrogens (tertiary/aromatic N) is 2. The van der Waals surface area contributed by atoms with Gasteiger partial charge in [0, 0.05) is 24.3 Å². The van der Waals surface area contributed by atoms with E-state index in [1.807, 2.05) is 55.5 Å². The Morgan fingerprint density at radius 2 is 2.10 bits per heavy atom. The van der Waals surface area contributed by atoms with Gasteiger partial charge >= 0.3 is 0 Å². The smallest absolute Gasteiger partial charge is 0.255 e. The topological polar surface area (TPSA) is 68.2 Å². The first-order valence-corrected chi connectivity index (χ1v) is 9.97. The standard InChI is InChI=1S/C23H26N4O2/c1-16-8-10-19(11-9-16)27-15-21(23(28)25-14-18-6-4-12-24-18)22(26-27)17-5-3-7-20(13-17)29-2/h3,5,7-11,13,15,18,24H,4,6,12,14H2,1-2H3,(H,25,28). The van der Waals surface area contributed by atoms with Crippen LogP contribution in [0.3, 0.4) is 0 Å². The maximum Gasteiger partial charge on any atom is 0.255 e. The van der Waals surface area contributed by atoms with Crippen molar-refractivity contribution in [1.29, 1.82) is 0 Å². The Bertz CT molecular complexity index is 988. The maximum absolute atomic E-state index is 13.0. The van der Waals surface area contributed by atoms with Gasteiger partial charge < -0.3 is 15.4 Å². The average molecular weight is 390 g/mol. The number of aromatic nitrogens is 2. The molecule has 2 aromatic carbocycles. The van der Waals surface area contributed by atoms with Crippen LogP contribution < -0.4 is 15.4 Å². The fraction of sp³-hybridized carbons (Fsp3) is 0.304. The first kappa shape index (κ1) is 19.2. The quantitative estimate of drug-likeness (QED) is 0.677. The van der Waals surface area contributed by atoms with Crippen molar-refractivity contribution < 1.29 is 9.53 Å². The Hall–Kier alpha value is -3.12. The molecule has 6 heteroatoms. The van der Waals surface area contributed by atoms with E-state index in [9.17, 15) is 4.79 Å². The minimum Gasteiger partial charge on any atom is -0.497 e. The average Bonchev–Trinajstić information content (AvgIpc) is 3.43. The first-order chi connectivity index (χ1) is 14.1. The van der Waals surface area contributed by atoms with Gasteiger partial charge in [-0.15, -0.1) is 0 Å². The summed E-state index contributed by atoms with van der Waals surface area (Å²) in [5.41, 5.74) is 4.13. The van der Waals surface area contributed by atoms with E-state index < -0.39 is 0 Å². The Morgan fingerprint density at radius 1 is 1.28 bits per heavy atom. The Kier molecular flexibility index (Phi) is 5.62. The van der Waals surface area contributed by atoms with E-state index in [1.54, 1.807) is 18.0 Å². The highest BCUT2D eigenvalue weighted by Gasteiger charge is 2.21. The third-order valence-electron chi connectivity index (χ3n) is 5.27. The van der Waals surface area contributed by atoms with Gasteiger partial charge in [0.15, 0.2) is 0 Å². The van der Waals surface area contributed by atoms with Crippen LogP contribution >= 0.6 is 0 Å². The lowest BCUT2D eigenvalue weighted by atomic mass is 10.1. The second-order valence-corrected chi connectivity index (χ2v) is 7.41. The van der Waals surface area contributed by atoms with Gasteiger partial charge in [-0.05, 0) is 50.6 Å². The Morgan fingerprint density at radius 3 is 2.83 bits per heavy atom. The summed E-state index contributed by atoms with van der Waals surface area (Å²) in [4.78, 5) is 13.0. The van der Waals surface area contributed by atoms with Gasteiger partial charge in [0.05, 0.1) is 18.4 Å². The molecule has 1 aliphatic heterocycles. The van der Waals surface area contributed by atoms with E-state index in [2.05, 4.69) is 10.6 Å². The van der Waals surface area contributed by atoms with Gasteiger partial charge in [-0.1, -0.05) is 29.8 Å². The van der Waals surface area contributed by atoms with Gasteiger partial charge in [-0.3, -0.25) is 4.79 Å². The number of rotatable bonds is 6. The zero-order valence-electron chi connectivity index (χ0n) is 16.8. The Labute approximate surface area is 170 Å². The number of carbonyl (C=O) groups excluding carboxylic acids is 1. The lowest BCUT2D eigenvalue weighted by Gasteiger charge is -2.11. The molecule has 1 aromatic heterocycles. The zero-order chi connectivity index (χ0) is 20.2. The molecule has 29 heavy (non-hydrogen) atoms. The van der Waals surface area contributed by atoms with Crippen molar-refractivity contribution >= 4 is 5.91 Å². The van der Waals surface area contributed by atoms with Crippen molar-refractivity contribution in [2.45, 2.75) is 25.8 Å². The van der Waals surface area contributed by atoms with Gasteiger partial charge in [0.1, 0.15) is 11.4 Å². The number of amides is 1. The fourth-order valence-corrected chi connectivity index (χ4v) is 3.60. The molecule has 1 unspecified atom stereocenters. The van der Waals surface area contributed by atoms with Crippen molar-refractivity contribution in [3.05, 3.63) is 65.9 Å². The summed E-state index contributed by atoms with van der Waals surface area (Å²) >= 11 is 0. The lowest BCUT2D eigenvalue weighted by Crippen LogP contribution is -2.37. The van der Waals surface area contributed by atoms with Crippen molar-refractivity contribution in [3.8, 4) is 22.7 Å². The molecule has 1 saturated heterocycles. The van der Waals surface area contributed by atoms with Crippen molar-refractivity contribution in [1.82, 2.24) is 20.4 Å². The summed E-state index contributed by atoms with van der Waals surface area (Å²) in [5, 5.41) is 11.2. The third-order valence-corrected chi connectivity index (χ3v) is 5.27. The molecule has 6 nitrogen and oxygen atoms in total. The van der Waals surface area contributed by atoms with Crippen LogP contribution in [-0.2, 0) is 0 Å². The van der Waals surface area contributed by atoms with Crippen LogP contribution in [0.4, 0.5) is 0 Å². The van der Waals surface area contributed by atoms with E-state index in [0.717, 1.165) is 36.4 Å². The second-order valence-electron chi connectivity index (χ2n) is 7.41. The minimum atomic E-state index is -0.116. The first-order valence-electron chi connectivity index (χ1n) is 9.97. The van der Waals surface area contributed by atoms with E-state index in [1.165, 1.54) is 5.56 Å². The zero-order valence-corrected chi connectivity index (χ0v) is 16.8. The molecule has 1 atom stereocenters. The number of nitrogens with one attached hydrogen (secondary N) is 2.